The van der Waals surface area contributed by atoms with Crippen LogP contribution in [0.4, 0.5) is 0 Å². The predicted molar refractivity (Wildman–Crippen MR) is 107 cm³/mol. The topological polar surface area (TPSA) is 46.9 Å². The monoisotopic (exact) mass is 379 g/mol. The van der Waals surface area contributed by atoms with Gasteiger partial charge < -0.3 is 9.88 Å². The van der Waals surface area contributed by atoms with Gasteiger partial charge in [-0.2, -0.15) is 0 Å². The van der Waals surface area contributed by atoms with Gasteiger partial charge in [-0.15, -0.1) is 22.7 Å². The van der Waals surface area contributed by atoms with Crippen molar-refractivity contribution in [2.24, 2.45) is 0 Å². The summed E-state index contributed by atoms with van der Waals surface area (Å²) in [6, 6.07) is 18.1. The molecule has 0 radical (unpaired) electrons. The molecule has 3 aromatic heterocycles. The summed E-state index contributed by atoms with van der Waals surface area (Å²) >= 11 is 3.24. The molecule has 0 aliphatic heterocycles. The van der Waals surface area contributed by atoms with Crippen molar-refractivity contribution in [1.82, 2.24) is 14.9 Å². The molecule has 26 heavy (non-hydrogen) atoms. The number of nitrogens with zero attached hydrogens (tertiary/aromatic N) is 2. The summed E-state index contributed by atoms with van der Waals surface area (Å²) in [6.45, 7) is 0.858. The zero-order valence-electron chi connectivity index (χ0n) is 14.0. The largest absolute Gasteiger partial charge is 0.350 e. The number of rotatable bonds is 6. The summed E-state index contributed by atoms with van der Waals surface area (Å²) in [6.07, 6.45) is 1.92. The van der Waals surface area contributed by atoms with E-state index in [9.17, 15) is 4.79 Å². The predicted octanol–water partition coefficient (Wildman–Crippen LogP) is 4.66. The molecule has 4 nitrogen and oxygen atoms in total. The Bertz CT molecular complexity index is 987. The van der Waals surface area contributed by atoms with Gasteiger partial charge in [0.05, 0.1) is 17.9 Å². The summed E-state index contributed by atoms with van der Waals surface area (Å²) in [5, 5.41) is 7.95. The number of thiazole rings is 1. The van der Waals surface area contributed by atoms with Crippen LogP contribution in [-0.4, -0.2) is 15.5 Å². The first-order chi connectivity index (χ1) is 12.8. The van der Waals surface area contributed by atoms with E-state index >= 15 is 0 Å². The molecule has 0 unspecified atom stereocenters. The molecule has 0 atom stereocenters. The molecule has 3 heterocycles. The second kappa shape index (κ2) is 7.68. The van der Waals surface area contributed by atoms with Gasteiger partial charge in [-0.05, 0) is 23.6 Å². The van der Waals surface area contributed by atoms with Crippen molar-refractivity contribution in [3.05, 3.63) is 76.4 Å². The minimum absolute atomic E-state index is 0.00399. The van der Waals surface area contributed by atoms with Crippen LogP contribution in [0, 0.1) is 0 Å². The molecule has 0 fully saturated rings. The molecular weight excluding hydrogens is 362 g/mol. The van der Waals surface area contributed by atoms with Crippen LogP contribution in [-0.2, 0) is 17.9 Å². The smallest absolute Gasteiger partial charge is 0.240 e. The van der Waals surface area contributed by atoms with E-state index in [2.05, 4.69) is 22.8 Å². The average Bonchev–Trinajstić information content (AvgIpc) is 3.42. The molecule has 0 bridgehead atoms. The van der Waals surface area contributed by atoms with E-state index in [0.29, 0.717) is 6.54 Å². The van der Waals surface area contributed by atoms with Crippen LogP contribution >= 0.6 is 22.7 Å². The average molecular weight is 380 g/mol. The fraction of sp³-hybridized carbons (Fsp3) is 0.100. The molecule has 0 spiro atoms. The number of carbonyl (C=O) groups excluding carboxylic acids is 1. The fourth-order valence-corrected chi connectivity index (χ4v) is 4.20. The first-order valence-corrected chi connectivity index (χ1v) is 10.0. The molecular formula is C20H17N3OS2. The maximum absolute atomic E-state index is 12.3. The van der Waals surface area contributed by atoms with Gasteiger partial charge in [-0.3, -0.25) is 4.79 Å². The van der Waals surface area contributed by atoms with E-state index in [1.807, 2.05) is 58.6 Å². The number of hydrogen-bond acceptors (Lipinski definition) is 4. The fourth-order valence-electron chi connectivity index (χ4n) is 2.69. The molecule has 0 saturated heterocycles. The van der Waals surface area contributed by atoms with E-state index in [1.54, 1.807) is 22.7 Å². The van der Waals surface area contributed by atoms with Gasteiger partial charge in [-0.1, -0.05) is 36.4 Å². The van der Waals surface area contributed by atoms with E-state index in [1.165, 1.54) is 0 Å². The molecule has 4 rings (SSSR count). The Morgan fingerprint density at radius 2 is 1.92 bits per heavy atom. The molecule has 0 saturated carbocycles. The van der Waals surface area contributed by atoms with Gasteiger partial charge in [0, 0.05) is 22.0 Å². The van der Waals surface area contributed by atoms with Crippen molar-refractivity contribution in [1.29, 1.82) is 0 Å². The highest BCUT2D eigenvalue weighted by Gasteiger charge is 2.12. The lowest BCUT2D eigenvalue weighted by atomic mass is 10.2. The first-order valence-electron chi connectivity index (χ1n) is 8.25. The maximum atomic E-state index is 12.3. The van der Waals surface area contributed by atoms with Crippen molar-refractivity contribution in [2.45, 2.75) is 13.1 Å². The number of carbonyl (C=O) groups is 1. The van der Waals surface area contributed by atoms with Crippen LogP contribution in [0.25, 0.3) is 22.0 Å². The molecule has 0 aliphatic rings. The number of aromatic nitrogens is 2. The van der Waals surface area contributed by atoms with E-state index in [-0.39, 0.29) is 12.5 Å². The lowest BCUT2D eigenvalue weighted by Crippen LogP contribution is -2.26. The van der Waals surface area contributed by atoms with Gasteiger partial charge >= 0.3 is 0 Å². The summed E-state index contributed by atoms with van der Waals surface area (Å²) in [7, 11) is 0. The molecule has 1 N–H and O–H groups in total. The summed E-state index contributed by atoms with van der Waals surface area (Å²) in [5.74, 6) is -0.00399. The van der Waals surface area contributed by atoms with E-state index in [0.717, 1.165) is 26.8 Å². The third kappa shape index (κ3) is 3.76. The second-order valence-corrected chi connectivity index (χ2v) is 7.67. The van der Waals surface area contributed by atoms with Crippen LogP contribution in [0.1, 0.15) is 4.88 Å². The van der Waals surface area contributed by atoms with E-state index in [4.69, 9.17) is 4.98 Å². The van der Waals surface area contributed by atoms with Crippen molar-refractivity contribution < 1.29 is 4.79 Å². The Balaban J connectivity index is 1.47. The van der Waals surface area contributed by atoms with Crippen molar-refractivity contribution in [3.63, 3.8) is 0 Å². The highest BCUT2D eigenvalue weighted by Crippen LogP contribution is 2.29. The van der Waals surface area contributed by atoms with Gasteiger partial charge in [0.1, 0.15) is 11.6 Å². The van der Waals surface area contributed by atoms with Crippen molar-refractivity contribution in [3.8, 4) is 22.0 Å². The zero-order chi connectivity index (χ0) is 17.8. The Morgan fingerprint density at radius 3 is 2.73 bits per heavy atom. The van der Waals surface area contributed by atoms with Crippen LogP contribution in [0.15, 0.2) is 71.6 Å². The van der Waals surface area contributed by atoms with Gasteiger partial charge in [0.15, 0.2) is 0 Å². The van der Waals surface area contributed by atoms with Gasteiger partial charge in [0.2, 0.25) is 5.91 Å². The van der Waals surface area contributed by atoms with E-state index < -0.39 is 0 Å². The van der Waals surface area contributed by atoms with Crippen molar-refractivity contribution in [2.75, 3.05) is 0 Å². The second-order valence-electron chi connectivity index (χ2n) is 5.78. The molecule has 130 valence electrons. The lowest BCUT2D eigenvalue weighted by Gasteiger charge is -2.08. The van der Waals surface area contributed by atoms with Gasteiger partial charge in [0.25, 0.3) is 0 Å². The Labute approximate surface area is 159 Å². The van der Waals surface area contributed by atoms with Crippen LogP contribution in [0.2, 0.25) is 0 Å². The molecule has 1 amide bonds. The summed E-state index contributed by atoms with van der Waals surface area (Å²) in [4.78, 5) is 18.2. The number of amides is 1. The summed E-state index contributed by atoms with van der Waals surface area (Å²) < 4.78 is 1.94. The number of thiophene rings is 1. The quantitative estimate of drug-likeness (QED) is 0.530. The third-order valence-corrected chi connectivity index (χ3v) is 5.72. The highest BCUT2D eigenvalue weighted by molar-refractivity contribution is 7.13. The number of nitrogens with one attached hydrogen (secondary N) is 1. The minimum Gasteiger partial charge on any atom is -0.350 e. The first kappa shape index (κ1) is 16.8. The lowest BCUT2D eigenvalue weighted by molar-refractivity contribution is -0.121. The molecule has 1 aromatic carbocycles. The molecule has 0 aliphatic carbocycles. The van der Waals surface area contributed by atoms with Gasteiger partial charge in [-0.25, -0.2) is 4.98 Å². The van der Waals surface area contributed by atoms with Crippen LogP contribution < -0.4 is 5.32 Å². The standard InChI is InChI=1S/C20H17N3OS2/c24-19(21-12-16-8-5-11-25-16)13-23-10-4-9-18(23)20-22-17(14-26-20)15-6-2-1-3-7-15/h1-11,14H,12-13H2,(H,21,24). The Morgan fingerprint density at radius 1 is 1.04 bits per heavy atom. The third-order valence-electron chi connectivity index (χ3n) is 3.98. The number of hydrogen-bond donors (Lipinski definition) is 1. The molecule has 4 aromatic rings. The van der Waals surface area contributed by atoms with Crippen molar-refractivity contribution >= 4 is 28.6 Å². The Kier molecular flexibility index (Phi) is 4.95. The number of benzene rings is 1. The normalized spacial score (nSPS) is 10.8. The maximum Gasteiger partial charge on any atom is 0.240 e. The van der Waals surface area contributed by atoms with Crippen LogP contribution in [0.5, 0.6) is 0 Å². The van der Waals surface area contributed by atoms with Crippen LogP contribution in [0.3, 0.4) is 0 Å². The molecule has 6 heteroatoms. The highest BCUT2D eigenvalue weighted by atomic mass is 32.1. The zero-order valence-corrected chi connectivity index (χ0v) is 15.6. The SMILES string of the molecule is O=C(Cn1cccc1-c1nc(-c2ccccc2)cs1)NCc1cccs1. The summed E-state index contributed by atoms with van der Waals surface area (Å²) in [5.41, 5.74) is 3.02. The Hall–Kier alpha value is -2.70. The minimum atomic E-state index is -0.00399.